The summed E-state index contributed by atoms with van der Waals surface area (Å²) in [4.78, 5) is 4.28. The van der Waals surface area contributed by atoms with Gasteiger partial charge in [-0.15, -0.1) is 0 Å². The van der Waals surface area contributed by atoms with Crippen molar-refractivity contribution in [2.75, 3.05) is 19.0 Å². The number of nitrogens with one attached hydrogen (secondary N) is 1. The molecule has 0 saturated carbocycles. The van der Waals surface area contributed by atoms with Crippen LogP contribution in [0.3, 0.4) is 0 Å². The summed E-state index contributed by atoms with van der Waals surface area (Å²) in [7, 11) is 3.68. The zero-order chi connectivity index (χ0) is 12.1. The summed E-state index contributed by atoms with van der Waals surface area (Å²) in [5, 5.41) is 3.35. The minimum Gasteiger partial charge on any atom is -0.497 e. The Labute approximate surface area is 101 Å². The Kier molecular flexibility index (Phi) is 3.65. The SMILES string of the molecule is COc1cccc(NCCc2nccn2C)c1. The number of methoxy groups -OCH3 is 1. The Balaban J connectivity index is 1.87. The van der Waals surface area contributed by atoms with Gasteiger partial charge in [0.05, 0.1) is 7.11 Å². The third-order valence-electron chi connectivity index (χ3n) is 2.67. The maximum atomic E-state index is 5.17. The molecule has 0 aliphatic carbocycles. The summed E-state index contributed by atoms with van der Waals surface area (Å²) >= 11 is 0. The quantitative estimate of drug-likeness (QED) is 0.856. The van der Waals surface area contributed by atoms with Crippen LogP contribution in [0.5, 0.6) is 5.75 Å². The summed E-state index contributed by atoms with van der Waals surface area (Å²) in [5.41, 5.74) is 1.07. The molecule has 1 heterocycles. The second kappa shape index (κ2) is 5.39. The number of imidazole rings is 1. The molecule has 4 nitrogen and oxygen atoms in total. The van der Waals surface area contributed by atoms with Gasteiger partial charge in [-0.2, -0.15) is 0 Å². The summed E-state index contributed by atoms with van der Waals surface area (Å²) in [6, 6.07) is 7.92. The van der Waals surface area contributed by atoms with Crippen LogP contribution in [0.15, 0.2) is 36.7 Å². The maximum absolute atomic E-state index is 5.17. The minimum atomic E-state index is 0.859. The van der Waals surface area contributed by atoms with Gasteiger partial charge in [-0.05, 0) is 12.1 Å². The van der Waals surface area contributed by atoms with E-state index in [-0.39, 0.29) is 0 Å². The zero-order valence-electron chi connectivity index (χ0n) is 10.2. The third-order valence-corrected chi connectivity index (χ3v) is 2.67. The Morgan fingerprint density at radius 3 is 3.00 bits per heavy atom. The number of hydrogen-bond donors (Lipinski definition) is 1. The first-order valence-electron chi connectivity index (χ1n) is 5.64. The molecule has 1 N–H and O–H groups in total. The third kappa shape index (κ3) is 3.00. The molecule has 2 rings (SSSR count). The van der Waals surface area contributed by atoms with Crippen LogP contribution < -0.4 is 10.1 Å². The Bertz CT molecular complexity index is 479. The van der Waals surface area contributed by atoms with Crippen LogP contribution in [0.1, 0.15) is 5.82 Å². The molecule has 0 radical (unpaired) electrons. The molecule has 17 heavy (non-hydrogen) atoms. The first-order chi connectivity index (χ1) is 8.29. The van der Waals surface area contributed by atoms with Crippen LogP contribution in [-0.2, 0) is 13.5 Å². The van der Waals surface area contributed by atoms with E-state index in [0.717, 1.165) is 30.2 Å². The number of hydrogen-bond acceptors (Lipinski definition) is 3. The van der Waals surface area contributed by atoms with Crippen LogP contribution in [0.25, 0.3) is 0 Å². The molecule has 1 aromatic carbocycles. The number of rotatable bonds is 5. The number of nitrogens with zero attached hydrogens (tertiary/aromatic N) is 2. The zero-order valence-corrected chi connectivity index (χ0v) is 10.2. The highest BCUT2D eigenvalue weighted by molar-refractivity contribution is 5.48. The molecular weight excluding hydrogens is 214 g/mol. The average molecular weight is 231 g/mol. The molecule has 0 atom stereocenters. The van der Waals surface area contributed by atoms with E-state index in [2.05, 4.69) is 10.3 Å². The standard InChI is InChI=1S/C13H17N3O/c1-16-9-8-15-13(16)6-7-14-11-4-3-5-12(10-11)17-2/h3-5,8-10,14H,6-7H2,1-2H3. The fourth-order valence-corrected chi connectivity index (χ4v) is 1.69. The van der Waals surface area contributed by atoms with Crippen molar-refractivity contribution in [1.29, 1.82) is 0 Å². The lowest BCUT2D eigenvalue weighted by Gasteiger charge is -2.07. The van der Waals surface area contributed by atoms with Gasteiger partial charge in [0.15, 0.2) is 0 Å². The summed E-state index contributed by atoms with van der Waals surface area (Å²) in [5.74, 6) is 1.95. The van der Waals surface area contributed by atoms with Gasteiger partial charge in [-0.3, -0.25) is 0 Å². The molecular formula is C13H17N3O. The van der Waals surface area contributed by atoms with Gasteiger partial charge in [-0.1, -0.05) is 6.07 Å². The normalized spacial score (nSPS) is 10.2. The van der Waals surface area contributed by atoms with E-state index in [4.69, 9.17) is 4.74 Å². The number of aryl methyl sites for hydroxylation is 1. The van der Waals surface area contributed by atoms with E-state index in [0.29, 0.717) is 0 Å². The van der Waals surface area contributed by atoms with Crippen molar-refractivity contribution in [2.24, 2.45) is 7.05 Å². The monoisotopic (exact) mass is 231 g/mol. The second-order valence-electron chi connectivity index (χ2n) is 3.86. The highest BCUT2D eigenvalue weighted by Gasteiger charge is 1.99. The van der Waals surface area contributed by atoms with Gasteiger partial charge in [0.25, 0.3) is 0 Å². The smallest absolute Gasteiger partial charge is 0.120 e. The van der Waals surface area contributed by atoms with Crippen molar-refractivity contribution in [3.8, 4) is 5.75 Å². The molecule has 0 amide bonds. The molecule has 0 saturated heterocycles. The van der Waals surface area contributed by atoms with Crippen LogP contribution in [0.4, 0.5) is 5.69 Å². The topological polar surface area (TPSA) is 39.1 Å². The van der Waals surface area contributed by atoms with Crippen molar-refractivity contribution >= 4 is 5.69 Å². The fourth-order valence-electron chi connectivity index (χ4n) is 1.69. The molecule has 4 heteroatoms. The van der Waals surface area contributed by atoms with E-state index in [1.54, 1.807) is 7.11 Å². The van der Waals surface area contributed by atoms with Crippen molar-refractivity contribution in [3.63, 3.8) is 0 Å². The van der Waals surface area contributed by atoms with E-state index >= 15 is 0 Å². The van der Waals surface area contributed by atoms with Gasteiger partial charge in [-0.25, -0.2) is 4.98 Å². The molecule has 0 aliphatic rings. The Hall–Kier alpha value is -1.97. The van der Waals surface area contributed by atoms with E-state index in [1.165, 1.54) is 0 Å². The average Bonchev–Trinajstić information content (AvgIpc) is 2.76. The van der Waals surface area contributed by atoms with Crippen LogP contribution in [0.2, 0.25) is 0 Å². The van der Waals surface area contributed by atoms with E-state index in [1.807, 2.05) is 48.3 Å². The summed E-state index contributed by atoms with van der Waals surface area (Å²) < 4.78 is 7.20. The molecule has 0 aliphatic heterocycles. The highest BCUT2D eigenvalue weighted by Crippen LogP contribution is 2.16. The van der Waals surface area contributed by atoms with Gasteiger partial charge in [0, 0.05) is 44.2 Å². The number of ether oxygens (including phenoxy) is 1. The second-order valence-corrected chi connectivity index (χ2v) is 3.86. The predicted molar refractivity (Wildman–Crippen MR) is 68.4 cm³/mol. The lowest BCUT2D eigenvalue weighted by Crippen LogP contribution is -2.08. The van der Waals surface area contributed by atoms with Gasteiger partial charge >= 0.3 is 0 Å². The molecule has 0 unspecified atom stereocenters. The highest BCUT2D eigenvalue weighted by atomic mass is 16.5. The van der Waals surface area contributed by atoms with Gasteiger partial charge in [0.1, 0.15) is 11.6 Å². The van der Waals surface area contributed by atoms with Crippen molar-refractivity contribution in [1.82, 2.24) is 9.55 Å². The first-order valence-corrected chi connectivity index (χ1v) is 5.64. The lowest BCUT2D eigenvalue weighted by molar-refractivity contribution is 0.415. The molecule has 1 aromatic heterocycles. The van der Waals surface area contributed by atoms with Crippen molar-refractivity contribution in [3.05, 3.63) is 42.5 Å². The number of benzene rings is 1. The lowest BCUT2D eigenvalue weighted by atomic mass is 10.3. The van der Waals surface area contributed by atoms with E-state index in [9.17, 15) is 0 Å². The minimum absolute atomic E-state index is 0.859. The Morgan fingerprint density at radius 2 is 2.29 bits per heavy atom. The maximum Gasteiger partial charge on any atom is 0.120 e. The fraction of sp³-hybridized carbons (Fsp3) is 0.308. The predicted octanol–water partition coefficient (Wildman–Crippen LogP) is 2.08. The molecule has 0 spiro atoms. The number of aromatic nitrogens is 2. The number of anilines is 1. The van der Waals surface area contributed by atoms with Crippen molar-refractivity contribution < 1.29 is 4.74 Å². The van der Waals surface area contributed by atoms with Gasteiger partial charge in [0.2, 0.25) is 0 Å². The first kappa shape index (κ1) is 11.5. The van der Waals surface area contributed by atoms with Crippen LogP contribution in [0, 0.1) is 0 Å². The molecule has 2 aromatic rings. The summed E-state index contributed by atoms with van der Waals surface area (Å²) in [6.45, 7) is 0.859. The van der Waals surface area contributed by atoms with Crippen LogP contribution in [-0.4, -0.2) is 23.2 Å². The van der Waals surface area contributed by atoms with Crippen LogP contribution >= 0.6 is 0 Å². The van der Waals surface area contributed by atoms with Crippen molar-refractivity contribution in [2.45, 2.75) is 6.42 Å². The molecule has 90 valence electrons. The van der Waals surface area contributed by atoms with Gasteiger partial charge < -0.3 is 14.6 Å². The largest absolute Gasteiger partial charge is 0.497 e. The van der Waals surface area contributed by atoms with E-state index < -0.39 is 0 Å². The summed E-state index contributed by atoms with van der Waals surface area (Å²) in [6.07, 6.45) is 4.68. The Morgan fingerprint density at radius 1 is 1.41 bits per heavy atom. The molecule has 0 bridgehead atoms. The molecule has 0 fully saturated rings.